The van der Waals surface area contributed by atoms with Crippen molar-refractivity contribution in [2.24, 2.45) is 0 Å². The molecule has 0 spiro atoms. The van der Waals surface area contributed by atoms with E-state index in [-0.39, 0.29) is 23.3 Å². The summed E-state index contributed by atoms with van der Waals surface area (Å²) in [5, 5.41) is 17.4. The van der Waals surface area contributed by atoms with Crippen LogP contribution in [0, 0.1) is 0 Å². The largest absolute Gasteiger partial charge is 0.493 e. The summed E-state index contributed by atoms with van der Waals surface area (Å²) in [5.41, 5.74) is 1.32. The Balaban J connectivity index is 1.77. The zero-order chi connectivity index (χ0) is 23.8. The lowest BCUT2D eigenvalue weighted by Crippen LogP contribution is -2.14. The number of H-pyrrole nitrogens is 1. The minimum absolute atomic E-state index is 0.00102. The molecule has 0 saturated heterocycles. The minimum Gasteiger partial charge on any atom is -0.493 e. The first-order valence-corrected chi connectivity index (χ1v) is 10.9. The molecule has 2 aromatic carbocycles. The number of hydrogen-bond acceptors (Lipinski definition) is 8. The van der Waals surface area contributed by atoms with Crippen LogP contribution in [0.1, 0.15) is 12.5 Å². The summed E-state index contributed by atoms with van der Waals surface area (Å²) in [4.78, 5) is 27.6. The highest BCUT2D eigenvalue weighted by atomic mass is 35.5. The lowest BCUT2D eigenvalue weighted by Gasteiger charge is -2.11. The Morgan fingerprint density at radius 1 is 1.18 bits per heavy atom. The second-order valence-electron chi connectivity index (χ2n) is 6.39. The number of nitrogens with one attached hydrogen (secondary N) is 1. The third kappa shape index (κ3) is 6.74. The molecule has 2 N–H and O–H groups in total. The van der Waals surface area contributed by atoms with Gasteiger partial charge in [-0.15, -0.1) is 5.10 Å². The van der Waals surface area contributed by atoms with E-state index in [4.69, 9.17) is 25.8 Å². The van der Waals surface area contributed by atoms with Gasteiger partial charge in [0.1, 0.15) is 4.91 Å². The summed E-state index contributed by atoms with van der Waals surface area (Å²) in [6, 6.07) is 11.8. The second-order valence-corrected chi connectivity index (χ2v) is 7.84. The third-order valence-electron chi connectivity index (χ3n) is 4.13. The van der Waals surface area contributed by atoms with Crippen LogP contribution < -0.4 is 9.47 Å². The van der Waals surface area contributed by atoms with Gasteiger partial charge in [-0.2, -0.15) is 0 Å². The molecule has 0 aliphatic carbocycles. The van der Waals surface area contributed by atoms with Crippen molar-refractivity contribution in [1.29, 1.82) is 0 Å². The number of esters is 1. The van der Waals surface area contributed by atoms with Crippen molar-refractivity contribution in [1.82, 2.24) is 15.2 Å². The van der Waals surface area contributed by atoms with Crippen molar-refractivity contribution in [3.63, 3.8) is 0 Å². The molecule has 0 atom stereocenters. The topological polar surface area (TPSA) is 124 Å². The molecule has 1 heterocycles. The van der Waals surface area contributed by atoms with Crippen LogP contribution in [-0.2, 0) is 14.3 Å². The molecular weight excluding hydrogens is 470 g/mol. The van der Waals surface area contributed by atoms with Crippen molar-refractivity contribution >= 4 is 41.4 Å². The maximum absolute atomic E-state index is 11.8. The lowest BCUT2D eigenvalue weighted by molar-refractivity contribution is -0.145. The Morgan fingerprint density at radius 3 is 2.61 bits per heavy atom. The molecule has 0 unspecified atom stereocenters. The van der Waals surface area contributed by atoms with E-state index in [2.05, 4.69) is 15.2 Å². The number of carboxylic acid groups (broad SMARTS) is 1. The van der Waals surface area contributed by atoms with Crippen LogP contribution >= 0.6 is 23.4 Å². The number of aromatic amines is 1. The van der Waals surface area contributed by atoms with E-state index in [1.165, 1.54) is 13.2 Å². The fourth-order valence-corrected chi connectivity index (χ4v) is 3.48. The molecule has 0 saturated carbocycles. The van der Waals surface area contributed by atoms with Crippen LogP contribution in [-0.4, -0.2) is 52.6 Å². The number of aliphatic carboxylic acids is 1. The van der Waals surface area contributed by atoms with Gasteiger partial charge in [0.2, 0.25) is 5.16 Å². The first kappa shape index (κ1) is 24.1. The lowest BCUT2D eigenvalue weighted by atomic mass is 10.2. The summed E-state index contributed by atoms with van der Waals surface area (Å²) < 4.78 is 15.6. The highest BCUT2D eigenvalue weighted by Gasteiger charge is 2.15. The second kappa shape index (κ2) is 11.4. The number of rotatable bonds is 10. The maximum Gasteiger partial charge on any atom is 0.344 e. The van der Waals surface area contributed by atoms with E-state index in [0.717, 1.165) is 17.3 Å². The van der Waals surface area contributed by atoms with E-state index < -0.39 is 11.9 Å². The monoisotopic (exact) mass is 489 g/mol. The summed E-state index contributed by atoms with van der Waals surface area (Å²) in [5.74, 6) is -0.486. The van der Waals surface area contributed by atoms with Gasteiger partial charge < -0.3 is 19.3 Å². The molecule has 3 rings (SSSR count). The summed E-state index contributed by atoms with van der Waals surface area (Å²) >= 11 is 6.80. The summed E-state index contributed by atoms with van der Waals surface area (Å²) in [6.45, 7) is 1.69. The molecule has 0 bridgehead atoms. The number of carboxylic acids is 1. The van der Waals surface area contributed by atoms with Gasteiger partial charge in [-0.3, -0.25) is 5.10 Å². The minimum atomic E-state index is -1.14. The van der Waals surface area contributed by atoms with E-state index in [1.807, 2.05) is 0 Å². The normalized spacial score (nSPS) is 11.2. The van der Waals surface area contributed by atoms with E-state index >= 15 is 0 Å². The number of aromatic nitrogens is 3. The molecule has 0 amide bonds. The molecule has 0 aliphatic heterocycles. The quantitative estimate of drug-likeness (QED) is 0.244. The average molecular weight is 490 g/mol. The number of carbonyl (C=O) groups excluding carboxylic acids is 1. The molecule has 1 aromatic heterocycles. The van der Waals surface area contributed by atoms with Gasteiger partial charge in [0.15, 0.2) is 23.9 Å². The van der Waals surface area contributed by atoms with E-state index in [0.29, 0.717) is 27.9 Å². The zero-order valence-corrected chi connectivity index (χ0v) is 19.3. The molecule has 0 aliphatic rings. The predicted octanol–water partition coefficient (Wildman–Crippen LogP) is 4.29. The highest BCUT2D eigenvalue weighted by Crippen LogP contribution is 2.32. The number of nitrogens with zero attached hydrogens (tertiary/aromatic N) is 2. The van der Waals surface area contributed by atoms with Gasteiger partial charge in [-0.25, -0.2) is 14.6 Å². The van der Waals surface area contributed by atoms with Gasteiger partial charge in [-0.05, 0) is 66.7 Å². The SMILES string of the molecule is CCOC(=O)COc1ccc(/C=C(\Sc2n[nH]c(-c3ccc(Cl)cc3)n2)C(=O)O)cc1OC. The number of thioether (sulfide) groups is 1. The van der Waals surface area contributed by atoms with Crippen molar-refractivity contribution in [3.8, 4) is 22.9 Å². The van der Waals surface area contributed by atoms with Crippen LogP contribution in [0.25, 0.3) is 17.5 Å². The molecule has 9 nitrogen and oxygen atoms in total. The van der Waals surface area contributed by atoms with Gasteiger partial charge in [0.05, 0.1) is 13.7 Å². The smallest absolute Gasteiger partial charge is 0.344 e. The number of carbonyl (C=O) groups is 2. The predicted molar refractivity (Wildman–Crippen MR) is 123 cm³/mol. The van der Waals surface area contributed by atoms with Gasteiger partial charge >= 0.3 is 11.9 Å². The Labute approximate surface area is 198 Å². The van der Waals surface area contributed by atoms with Gasteiger partial charge in [-0.1, -0.05) is 17.7 Å². The van der Waals surface area contributed by atoms with Crippen molar-refractivity contribution < 1.29 is 28.9 Å². The van der Waals surface area contributed by atoms with Crippen molar-refractivity contribution in [2.75, 3.05) is 20.3 Å². The van der Waals surface area contributed by atoms with Gasteiger partial charge in [0, 0.05) is 10.6 Å². The molecule has 11 heteroatoms. The highest BCUT2D eigenvalue weighted by molar-refractivity contribution is 8.04. The first-order valence-electron chi connectivity index (χ1n) is 9.67. The summed E-state index contributed by atoms with van der Waals surface area (Å²) in [7, 11) is 1.44. The van der Waals surface area contributed by atoms with Crippen molar-refractivity contribution in [3.05, 3.63) is 58.0 Å². The number of benzene rings is 2. The third-order valence-corrected chi connectivity index (χ3v) is 5.26. The molecular formula is C22H20ClN3O6S. The fourth-order valence-electron chi connectivity index (χ4n) is 2.65. The molecule has 0 fully saturated rings. The average Bonchev–Trinajstić information content (AvgIpc) is 3.26. The van der Waals surface area contributed by atoms with Crippen LogP contribution in [0.5, 0.6) is 11.5 Å². The Kier molecular flexibility index (Phi) is 8.34. The number of methoxy groups -OCH3 is 1. The Bertz CT molecular complexity index is 1160. The Morgan fingerprint density at radius 2 is 1.94 bits per heavy atom. The molecule has 3 aromatic rings. The van der Waals surface area contributed by atoms with Crippen LogP contribution in [0.4, 0.5) is 0 Å². The van der Waals surface area contributed by atoms with Crippen LogP contribution in [0.15, 0.2) is 52.5 Å². The fraction of sp³-hybridized carbons (Fsp3) is 0.182. The molecule has 33 heavy (non-hydrogen) atoms. The number of ether oxygens (including phenoxy) is 3. The standard InChI is InChI=1S/C22H20ClN3O6S/c1-3-31-19(27)12-32-16-9-4-13(10-17(16)30-2)11-18(21(28)29)33-22-24-20(25-26-22)14-5-7-15(23)8-6-14/h4-11H,3,12H2,1-2H3,(H,28,29)(H,24,25,26)/b18-11-. The van der Waals surface area contributed by atoms with E-state index in [9.17, 15) is 14.7 Å². The first-order chi connectivity index (χ1) is 15.9. The van der Waals surface area contributed by atoms with Crippen LogP contribution in [0.3, 0.4) is 0 Å². The molecule has 0 radical (unpaired) electrons. The van der Waals surface area contributed by atoms with Crippen molar-refractivity contribution in [2.45, 2.75) is 12.1 Å². The van der Waals surface area contributed by atoms with Crippen LogP contribution in [0.2, 0.25) is 5.02 Å². The Hall–Kier alpha value is -3.50. The summed E-state index contributed by atoms with van der Waals surface area (Å²) in [6.07, 6.45) is 1.46. The van der Waals surface area contributed by atoms with Gasteiger partial charge in [0.25, 0.3) is 0 Å². The van der Waals surface area contributed by atoms with E-state index in [1.54, 1.807) is 49.4 Å². The number of halogens is 1. The molecule has 172 valence electrons. The zero-order valence-electron chi connectivity index (χ0n) is 17.7. The number of hydrogen-bond donors (Lipinski definition) is 2. The maximum atomic E-state index is 11.8.